The zero-order valence-electron chi connectivity index (χ0n) is 19.8. The molecule has 10 nitrogen and oxygen atoms in total. The highest BCUT2D eigenvalue weighted by molar-refractivity contribution is 7.22. The molecule has 0 radical (unpaired) electrons. The monoisotopic (exact) mass is 502 g/mol. The summed E-state index contributed by atoms with van der Waals surface area (Å²) in [5.74, 6) is 1.21. The van der Waals surface area contributed by atoms with Gasteiger partial charge in [-0.25, -0.2) is 19.6 Å². The van der Waals surface area contributed by atoms with Gasteiger partial charge >= 0.3 is 0 Å². The summed E-state index contributed by atoms with van der Waals surface area (Å²) >= 11 is 1.42. The van der Waals surface area contributed by atoms with Crippen LogP contribution in [0.5, 0.6) is 0 Å². The summed E-state index contributed by atoms with van der Waals surface area (Å²) in [7, 11) is 0. The molecule has 6 rings (SSSR count). The lowest BCUT2D eigenvalue weighted by Crippen LogP contribution is -2.32. The molecule has 184 valence electrons. The number of carbonyl (C=O) groups excluding carboxylic acids is 2. The maximum Gasteiger partial charge on any atom is 0.243 e. The van der Waals surface area contributed by atoms with E-state index in [2.05, 4.69) is 32.2 Å². The fraction of sp³-hybridized carbons (Fsp3) is 0.360. The largest absolute Gasteiger partial charge is 0.383 e. The molecule has 0 aliphatic heterocycles. The van der Waals surface area contributed by atoms with E-state index >= 15 is 0 Å². The maximum absolute atomic E-state index is 11.7. The van der Waals surface area contributed by atoms with Crippen molar-refractivity contribution in [1.82, 2.24) is 30.0 Å². The molecule has 3 aromatic heterocycles. The normalized spacial score (nSPS) is 23.1. The van der Waals surface area contributed by atoms with Gasteiger partial charge in [0.1, 0.15) is 17.8 Å². The van der Waals surface area contributed by atoms with E-state index in [4.69, 9.17) is 10.8 Å². The summed E-state index contributed by atoms with van der Waals surface area (Å²) in [5.41, 5.74) is 9.53. The van der Waals surface area contributed by atoms with Crippen molar-refractivity contribution in [1.29, 1.82) is 0 Å². The van der Waals surface area contributed by atoms with Crippen molar-refractivity contribution < 1.29 is 9.59 Å². The summed E-state index contributed by atoms with van der Waals surface area (Å²) in [5, 5.41) is 12.2. The van der Waals surface area contributed by atoms with Crippen molar-refractivity contribution in [2.75, 3.05) is 11.1 Å². The Bertz CT molecular complexity index is 1510. The molecular weight excluding hydrogens is 476 g/mol. The van der Waals surface area contributed by atoms with Gasteiger partial charge in [-0.2, -0.15) is 5.10 Å². The van der Waals surface area contributed by atoms with E-state index in [1.165, 1.54) is 30.7 Å². The molecule has 0 saturated heterocycles. The van der Waals surface area contributed by atoms with Crippen LogP contribution in [-0.4, -0.2) is 42.6 Å². The third-order valence-corrected chi connectivity index (χ3v) is 8.27. The molecule has 2 atom stereocenters. The van der Waals surface area contributed by atoms with Crippen LogP contribution in [-0.2, 0) is 9.59 Å². The van der Waals surface area contributed by atoms with Gasteiger partial charge in [-0.3, -0.25) is 9.59 Å². The minimum atomic E-state index is -0.153. The highest BCUT2D eigenvalue weighted by Gasteiger charge is 2.43. The van der Waals surface area contributed by atoms with Gasteiger partial charge < -0.3 is 16.4 Å². The lowest BCUT2D eigenvalue weighted by molar-refractivity contribution is -0.117. The summed E-state index contributed by atoms with van der Waals surface area (Å²) in [4.78, 5) is 36.5. The second-order valence-electron chi connectivity index (χ2n) is 9.66. The van der Waals surface area contributed by atoms with Crippen molar-refractivity contribution >= 4 is 55.4 Å². The Morgan fingerprint density at radius 2 is 1.97 bits per heavy atom. The third-order valence-electron chi connectivity index (χ3n) is 7.33. The number of amides is 2. The van der Waals surface area contributed by atoms with Crippen LogP contribution in [0.25, 0.3) is 32.5 Å². The second-order valence-corrected chi connectivity index (χ2v) is 10.7. The van der Waals surface area contributed by atoms with E-state index < -0.39 is 0 Å². The average Bonchev–Trinajstić information content (AvgIpc) is 3.58. The predicted molar refractivity (Wildman–Crippen MR) is 139 cm³/mol. The number of hydrogen-bond acceptors (Lipinski definition) is 8. The summed E-state index contributed by atoms with van der Waals surface area (Å²) in [6.07, 6.45) is 6.74. The number of hydrogen-bond donors (Lipinski definition) is 3. The summed E-state index contributed by atoms with van der Waals surface area (Å²) < 4.78 is 2.97. The number of nitrogens with zero attached hydrogens (tertiary/aromatic N) is 5. The Labute approximate surface area is 211 Å². The fourth-order valence-electron chi connectivity index (χ4n) is 5.89. The first-order valence-electron chi connectivity index (χ1n) is 12.0. The van der Waals surface area contributed by atoms with E-state index in [0.29, 0.717) is 22.8 Å². The Kier molecular flexibility index (Phi) is 5.44. The molecule has 4 N–H and O–H groups in total. The van der Waals surface area contributed by atoms with Crippen LogP contribution in [0.15, 0.2) is 37.2 Å². The molecule has 2 aliphatic rings. The molecule has 0 bridgehead atoms. The van der Waals surface area contributed by atoms with Crippen LogP contribution in [0.2, 0.25) is 0 Å². The molecular formula is C25H26N8O2S. The van der Waals surface area contributed by atoms with Crippen LogP contribution in [0.3, 0.4) is 0 Å². The van der Waals surface area contributed by atoms with Gasteiger partial charge in [-0.1, -0.05) is 24.0 Å². The number of carbonyl (C=O) groups is 2. The van der Waals surface area contributed by atoms with Crippen LogP contribution >= 0.6 is 11.3 Å². The molecule has 2 saturated carbocycles. The number of anilines is 2. The molecule has 2 unspecified atom stereocenters. The first-order chi connectivity index (χ1) is 17.4. The van der Waals surface area contributed by atoms with Crippen LogP contribution in [0.4, 0.5) is 10.9 Å². The zero-order chi connectivity index (χ0) is 25.0. The lowest BCUT2D eigenvalue weighted by Gasteiger charge is -2.16. The molecule has 4 aromatic rings. The van der Waals surface area contributed by atoms with E-state index in [9.17, 15) is 9.59 Å². The van der Waals surface area contributed by atoms with E-state index in [0.717, 1.165) is 58.2 Å². The quantitative estimate of drug-likeness (QED) is 0.354. The van der Waals surface area contributed by atoms with Gasteiger partial charge in [-0.15, -0.1) is 0 Å². The van der Waals surface area contributed by atoms with Gasteiger partial charge in [0, 0.05) is 18.5 Å². The minimum Gasteiger partial charge on any atom is -0.383 e. The van der Waals surface area contributed by atoms with Crippen molar-refractivity contribution in [3.63, 3.8) is 0 Å². The smallest absolute Gasteiger partial charge is 0.243 e. The van der Waals surface area contributed by atoms with Gasteiger partial charge in [0.2, 0.25) is 11.8 Å². The number of fused-ring (bicyclic) bond motifs is 3. The van der Waals surface area contributed by atoms with E-state index in [1.807, 2.05) is 22.9 Å². The highest BCUT2D eigenvalue weighted by atomic mass is 32.1. The number of aromatic nitrogens is 5. The SMILES string of the molecule is C=CC(=O)NC1CC2CC(n3nc(-c4ccc5nc(NC(C)=O)sc5c4)c4c(N)ncnc43)CC2C1. The van der Waals surface area contributed by atoms with E-state index in [1.54, 1.807) is 0 Å². The molecule has 2 amide bonds. The standard InChI is InChI=1S/C25H26N8O2S/c1-3-20(35)30-16-6-14-8-17(9-15(14)7-16)33-24-21(23(26)27-11-28-24)22(32-33)13-4-5-18-19(10-13)36-25(31-18)29-12(2)34/h3-5,10-11,14-17H,1,6-9H2,2H3,(H,30,35)(H2,26,27,28)(H,29,31,34). The van der Waals surface area contributed by atoms with E-state index in [-0.39, 0.29) is 23.9 Å². The molecule has 2 aliphatic carbocycles. The lowest BCUT2D eigenvalue weighted by atomic mass is 10.0. The zero-order valence-corrected chi connectivity index (χ0v) is 20.6. The number of nitrogens with two attached hydrogens (primary N) is 1. The van der Waals surface area contributed by atoms with Gasteiger partial charge in [0.05, 0.1) is 21.6 Å². The van der Waals surface area contributed by atoms with Crippen LogP contribution < -0.4 is 16.4 Å². The summed E-state index contributed by atoms with van der Waals surface area (Å²) in [6, 6.07) is 6.33. The third kappa shape index (κ3) is 3.89. The Hall–Kier alpha value is -3.86. The molecule has 1 aromatic carbocycles. The van der Waals surface area contributed by atoms with Crippen molar-refractivity contribution in [2.45, 2.75) is 44.7 Å². The Morgan fingerprint density at radius 1 is 1.19 bits per heavy atom. The predicted octanol–water partition coefficient (Wildman–Crippen LogP) is 3.68. The number of thiazole rings is 1. The molecule has 11 heteroatoms. The number of benzene rings is 1. The topological polar surface area (TPSA) is 141 Å². The molecule has 3 heterocycles. The van der Waals surface area contributed by atoms with Crippen LogP contribution in [0, 0.1) is 11.8 Å². The van der Waals surface area contributed by atoms with Crippen molar-refractivity contribution in [3.8, 4) is 11.3 Å². The van der Waals surface area contributed by atoms with Crippen molar-refractivity contribution in [2.24, 2.45) is 11.8 Å². The van der Waals surface area contributed by atoms with Gasteiger partial charge in [0.25, 0.3) is 0 Å². The first-order valence-corrected chi connectivity index (χ1v) is 12.8. The van der Waals surface area contributed by atoms with Gasteiger partial charge in [-0.05, 0) is 55.7 Å². The second kappa shape index (κ2) is 8.66. The maximum atomic E-state index is 11.7. The molecule has 36 heavy (non-hydrogen) atoms. The molecule has 2 fully saturated rings. The van der Waals surface area contributed by atoms with Crippen molar-refractivity contribution in [3.05, 3.63) is 37.2 Å². The minimum absolute atomic E-state index is 0.103. The first kappa shape index (κ1) is 22.6. The fourth-order valence-corrected chi connectivity index (χ4v) is 6.84. The number of nitrogen functional groups attached to an aromatic ring is 1. The number of rotatable bonds is 5. The van der Waals surface area contributed by atoms with Crippen LogP contribution in [0.1, 0.15) is 38.6 Å². The summed E-state index contributed by atoms with van der Waals surface area (Å²) in [6.45, 7) is 5.02. The Morgan fingerprint density at radius 3 is 2.69 bits per heavy atom. The Balaban J connectivity index is 1.33. The van der Waals surface area contributed by atoms with Gasteiger partial charge in [0.15, 0.2) is 10.8 Å². The highest BCUT2D eigenvalue weighted by Crippen LogP contribution is 2.49. The average molecular weight is 503 g/mol. The number of nitrogens with one attached hydrogen (secondary N) is 2. The molecule has 0 spiro atoms.